The maximum absolute atomic E-state index is 13.5. The molecule has 0 spiro atoms. The number of aryl methyl sites for hydroxylation is 1. The number of hydrogen-bond acceptors (Lipinski definition) is 7. The second-order valence-electron chi connectivity index (χ2n) is 11.3. The van der Waals surface area contributed by atoms with Crippen LogP contribution in [0.15, 0.2) is 78.4 Å². The van der Waals surface area contributed by atoms with Gasteiger partial charge in [0.25, 0.3) is 11.7 Å². The van der Waals surface area contributed by atoms with E-state index < -0.39 is 17.7 Å². The summed E-state index contributed by atoms with van der Waals surface area (Å²) in [4.78, 5) is 30.7. The lowest BCUT2D eigenvalue weighted by atomic mass is 9.95. The molecule has 2 fully saturated rings. The first kappa shape index (κ1) is 31.3. The second kappa shape index (κ2) is 15.0. The van der Waals surface area contributed by atoms with E-state index in [1.165, 1.54) is 0 Å². The Hall–Kier alpha value is -4.14. The molecule has 0 aromatic heterocycles. The molecule has 0 aliphatic carbocycles. The average molecular weight is 599 g/mol. The number of benzene rings is 3. The van der Waals surface area contributed by atoms with Crippen molar-refractivity contribution in [3.05, 3.63) is 101 Å². The number of carbonyl (C=O) groups excluding carboxylic acids is 2. The SMILES string of the molecule is CCCCCOc1ccc(C2/C(=C(\O)c3ccc(OCc4ccccc4C)cc3)C(=O)C(=O)N2CCN2CCOCC2)cc1. The number of aliphatic hydroxyl groups excluding tert-OH is 1. The fourth-order valence-corrected chi connectivity index (χ4v) is 5.62. The van der Waals surface area contributed by atoms with Crippen molar-refractivity contribution in [3.63, 3.8) is 0 Å². The second-order valence-corrected chi connectivity index (χ2v) is 11.3. The van der Waals surface area contributed by atoms with E-state index in [0.717, 1.165) is 54.8 Å². The van der Waals surface area contributed by atoms with Gasteiger partial charge in [0.1, 0.15) is 23.9 Å². The van der Waals surface area contributed by atoms with E-state index in [9.17, 15) is 14.7 Å². The van der Waals surface area contributed by atoms with Gasteiger partial charge in [0.15, 0.2) is 0 Å². The largest absolute Gasteiger partial charge is 0.507 e. The van der Waals surface area contributed by atoms with E-state index in [-0.39, 0.29) is 11.3 Å². The molecule has 0 radical (unpaired) electrons. The number of unbranched alkanes of at least 4 members (excludes halogenated alkanes) is 2. The van der Waals surface area contributed by atoms with Crippen molar-refractivity contribution >= 4 is 17.4 Å². The number of morpholine rings is 1. The van der Waals surface area contributed by atoms with Crippen LogP contribution in [0.2, 0.25) is 0 Å². The van der Waals surface area contributed by atoms with Crippen LogP contribution in [0.4, 0.5) is 0 Å². The maximum atomic E-state index is 13.5. The van der Waals surface area contributed by atoms with Gasteiger partial charge in [-0.2, -0.15) is 0 Å². The highest BCUT2D eigenvalue weighted by Crippen LogP contribution is 2.40. The molecule has 1 amide bonds. The van der Waals surface area contributed by atoms with Gasteiger partial charge in [-0.05, 0) is 66.4 Å². The number of hydrogen-bond donors (Lipinski definition) is 1. The number of nitrogens with zero attached hydrogens (tertiary/aromatic N) is 2. The molecule has 2 aliphatic heterocycles. The van der Waals surface area contributed by atoms with Gasteiger partial charge in [0.05, 0.1) is 31.4 Å². The molecular formula is C36H42N2O6. The van der Waals surface area contributed by atoms with Crippen molar-refractivity contribution in [1.29, 1.82) is 0 Å². The summed E-state index contributed by atoms with van der Waals surface area (Å²) in [6, 6.07) is 21.8. The Labute approximate surface area is 259 Å². The third-order valence-corrected chi connectivity index (χ3v) is 8.30. The summed E-state index contributed by atoms with van der Waals surface area (Å²) in [5.74, 6) is -0.122. The molecule has 0 bridgehead atoms. The van der Waals surface area contributed by atoms with Crippen LogP contribution in [-0.4, -0.2) is 72.6 Å². The van der Waals surface area contributed by atoms with Crippen LogP contribution in [0.25, 0.3) is 5.76 Å². The summed E-state index contributed by atoms with van der Waals surface area (Å²) in [6.45, 7) is 9.05. The minimum absolute atomic E-state index is 0.0853. The highest BCUT2D eigenvalue weighted by molar-refractivity contribution is 6.46. The zero-order valence-corrected chi connectivity index (χ0v) is 25.7. The fraction of sp³-hybridized carbons (Fsp3) is 0.389. The number of ketones is 1. The predicted molar refractivity (Wildman–Crippen MR) is 170 cm³/mol. The quantitative estimate of drug-likeness (QED) is 0.114. The van der Waals surface area contributed by atoms with E-state index >= 15 is 0 Å². The van der Waals surface area contributed by atoms with E-state index in [1.807, 2.05) is 55.5 Å². The van der Waals surface area contributed by atoms with Gasteiger partial charge in [-0.15, -0.1) is 0 Å². The summed E-state index contributed by atoms with van der Waals surface area (Å²) in [5, 5.41) is 11.5. The zero-order valence-electron chi connectivity index (χ0n) is 25.7. The van der Waals surface area contributed by atoms with Gasteiger partial charge < -0.3 is 24.2 Å². The number of Topliss-reactive ketones (excluding diaryl/α,β-unsaturated/α-hetero) is 1. The van der Waals surface area contributed by atoms with Crippen molar-refractivity contribution in [3.8, 4) is 11.5 Å². The lowest BCUT2D eigenvalue weighted by molar-refractivity contribution is -0.140. The molecule has 2 saturated heterocycles. The first-order valence-corrected chi connectivity index (χ1v) is 15.5. The van der Waals surface area contributed by atoms with E-state index in [2.05, 4.69) is 11.8 Å². The highest BCUT2D eigenvalue weighted by atomic mass is 16.5. The van der Waals surface area contributed by atoms with Gasteiger partial charge in [-0.3, -0.25) is 14.5 Å². The molecule has 5 rings (SSSR count). The Morgan fingerprint density at radius 3 is 2.27 bits per heavy atom. The van der Waals surface area contributed by atoms with Crippen LogP contribution in [0.3, 0.4) is 0 Å². The third kappa shape index (κ3) is 7.49. The molecule has 2 heterocycles. The molecule has 2 aliphatic rings. The van der Waals surface area contributed by atoms with E-state index in [1.54, 1.807) is 29.2 Å². The van der Waals surface area contributed by atoms with Crippen molar-refractivity contribution < 1.29 is 28.9 Å². The summed E-state index contributed by atoms with van der Waals surface area (Å²) in [6.07, 6.45) is 3.21. The molecule has 8 nitrogen and oxygen atoms in total. The van der Waals surface area contributed by atoms with Crippen LogP contribution in [0, 0.1) is 6.92 Å². The van der Waals surface area contributed by atoms with Crippen LogP contribution in [-0.2, 0) is 20.9 Å². The predicted octanol–water partition coefficient (Wildman–Crippen LogP) is 5.90. The lowest BCUT2D eigenvalue weighted by Crippen LogP contribution is -2.42. The van der Waals surface area contributed by atoms with Gasteiger partial charge in [-0.25, -0.2) is 0 Å². The third-order valence-electron chi connectivity index (χ3n) is 8.30. The van der Waals surface area contributed by atoms with Crippen molar-refractivity contribution in [2.75, 3.05) is 46.0 Å². The number of carbonyl (C=O) groups is 2. The van der Waals surface area contributed by atoms with Crippen molar-refractivity contribution in [1.82, 2.24) is 9.80 Å². The van der Waals surface area contributed by atoms with Crippen LogP contribution in [0.5, 0.6) is 11.5 Å². The monoisotopic (exact) mass is 598 g/mol. The Balaban J connectivity index is 1.39. The normalized spacial score (nSPS) is 18.5. The minimum atomic E-state index is -0.720. The number of rotatable bonds is 13. The summed E-state index contributed by atoms with van der Waals surface area (Å²) in [7, 11) is 0. The maximum Gasteiger partial charge on any atom is 0.295 e. The fourth-order valence-electron chi connectivity index (χ4n) is 5.62. The van der Waals surface area contributed by atoms with E-state index in [4.69, 9.17) is 14.2 Å². The lowest BCUT2D eigenvalue weighted by Gasteiger charge is -2.31. The Kier molecular flexibility index (Phi) is 10.7. The highest BCUT2D eigenvalue weighted by Gasteiger charge is 2.46. The Morgan fingerprint density at radius 1 is 0.886 bits per heavy atom. The van der Waals surface area contributed by atoms with Gasteiger partial charge in [0, 0.05) is 31.7 Å². The first-order valence-electron chi connectivity index (χ1n) is 15.5. The zero-order chi connectivity index (χ0) is 30.9. The standard InChI is InChI=1S/C36H42N2O6/c1-3-4-7-22-43-30-14-10-27(11-15-30)33-32(35(40)36(41)38(33)19-18-37-20-23-42-24-21-37)34(39)28-12-16-31(17-13-28)44-25-29-9-6-5-8-26(29)2/h5-6,8-17,33,39H,3-4,7,18-25H2,1-2H3/b34-32+. The van der Waals surface area contributed by atoms with Crippen LogP contribution < -0.4 is 9.47 Å². The summed E-state index contributed by atoms with van der Waals surface area (Å²) >= 11 is 0. The molecular weight excluding hydrogens is 556 g/mol. The summed E-state index contributed by atoms with van der Waals surface area (Å²) < 4.78 is 17.3. The van der Waals surface area contributed by atoms with Gasteiger partial charge in [-0.1, -0.05) is 56.2 Å². The topological polar surface area (TPSA) is 88.5 Å². The van der Waals surface area contributed by atoms with Crippen molar-refractivity contribution in [2.24, 2.45) is 0 Å². The number of likely N-dealkylation sites (tertiary alicyclic amines) is 1. The molecule has 1 unspecified atom stereocenters. The number of aliphatic hydroxyl groups is 1. The average Bonchev–Trinajstić information content (AvgIpc) is 3.31. The molecule has 0 saturated carbocycles. The van der Waals surface area contributed by atoms with Gasteiger partial charge >= 0.3 is 0 Å². The van der Waals surface area contributed by atoms with Crippen LogP contribution >= 0.6 is 0 Å². The Morgan fingerprint density at radius 2 is 1.57 bits per heavy atom. The van der Waals surface area contributed by atoms with Crippen LogP contribution in [0.1, 0.15) is 54.5 Å². The van der Waals surface area contributed by atoms with Gasteiger partial charge in [0.2, 0.25) is 0 Å². The summed E-state index contributed by atoms with van der Waals surface area (Å²) in [5.41, 5.74) is 3.51. The molecule has 3 aromatic carbocycles. The molecule has 1 atom stereocenters. The van der Waals surface area contributed by atoms with E-state index in [0.29, 0.717) is 50.8 Å². The van der Waals surface area contributed by atoms with Crippen molar-refractivity contribution in [2.45, 2.75) is 45.8 Å². The molecule has 1 N–H and O–H groups in total. The molecule has 8 heteroatoms. The smallest absolute Gasteiger partial charge is 0.295 e. The molecule has 44 heavy (non-hydrogen) atoms. The number of amides is 1. The Bertz CT molecular complexity index is 1440. The minimum Gasteiger partial charge on any atom is -0.507 e. The number of ether oxygens (including phenoxy) is 3. The molecule has 3 aromatic rings. The first-order chi connectivity index (χ1) is 21.5. The molecule has 232 valence electrons.